The summed E-state index contributed by atoms with van der Waals surface area (Å²) in [5.74, 6) is 1.23. The lowest BCUT2D eigenvalue weighted by molar-refractivity contribution is -0.119. The van der Waals surface area contributed by atoms with E-state index in [1.807, 2.05) is 0 Å². The highest BCUT2D eigenvalue weighted by atomic mass is 32.2. The normalized spacial score (nSPS) is 12.5. The van der Waals surface area contributed by atoms with E-state index in [1.54, 1.807) is 0 Å². The van der Waals surface area contributed by atoms with Gasteiger partial charge in [-0.2, -0.15) is 12.6 Å². The first-order valence-electron chi connectivity index (χ1n) is 5.00. The molecule has 0 aromatic heterocycles. The molecule has 0 fully saturated rings. The van der Waals surface area contributed by atoms with Crippen LogP contribution >= 0.6 is 24.6 Å². The molecule has 0 bridgehead atoms. The predicted molar refractivity (Wildman–Crippen MR) is 66.6 cm³/mol. The first-order chi connectivity index (χ1) is 6.72. The summed E-state index contributed by atoms with van der Waals surface area (Å²) >= 11 is 5.39. The van der Waals surface area contributed by atoms with Crippen LogP contribution in [0.2, 0.25) is 0 Å². The number of carbonyl (C=O) groups excluding carboxylic acids is 1. The number of hydrogen-bond acceptors (Lipinski definition) is 4. The highest BCUT2D eigenvalue weighted by molar-refractivity contribution is 7.97. The first-order valence-corrected chi connectivity index (χ1v) is 6.62. The van der Waals surface area contributed by atoms with Gasteiger partial charge in [-0.15, -0.1) is 0 Å². The summed E-state index contributed by atoms with van der Waals surface area (Å²) in [6.07, 6.45) is 4.89. The maximum Gasteiger partial charge on any atom is 0.247 e. The molecule has 3 nitrogen and oxygen atoms in total. The molecule has 0 aromatic carbocycles. The number of nitrogens with two attached hydrogens (primary N) is 1. The van der Waals surface area contributed by atoms with Crippen LogP contribution in [-0.4, -0.2) is 23.5 Å². The molecular weight excluding hydrogens is 216 g/mol. The molecule has 0 unspecified atom stereocenters. The van der Waals surface area contributed by atoms with Gasteiger partial charge in [-0.1, -0.05) is 38.1 Å². The summed E-state index contributed by atoms with van der Waals surface area (Å²) in [5.41, 5.74) is 5.48. The van der Waals surface area contributed by atoms with Gasteiger partial charge in [0, 0.05) is 11.5 Å². The molecule has 0 rings (SSSR count). The van der Waals surface area contributed by atoms with Crippen LogP contribution in [0, 0.1) is 0 Å². The molecule has 1 amide bonds. The SMILES string of the molecule is CCCCCCSNC(=O)[C@@H](N)CS. The van der Waals surface area contributed by atoms with Crippen molar-refractivity contribution in [3.8, 4) is 0 Å². The standard InChI is InChI=1S/C9H20N2OS2/c1-2-3-4-5-6-14-11-9(12)8(10)7-13/h8,13H,2-7,10H2,1H3,(H,11,12)/t8-/m0/s1. The third-order valence-electron chi connectivity index (χ3n) is 1.81. The van der Waals surface area contributed by atoms with E-state index in [0.29, 0.717) is 5.75 Å². The van der Waals surface area contributed by atoms with E-state index in [9.17, 15) is 4.79 Å². The van der Waals surface area contributed by atoms with Gasteiger partial charge in [-0.25, -0.2) is 0 Å². The van der Waals surface area contributed by atoms with Crippen molar-refractivity contribution < 1.29 is 4.79 Å². The van der Waals surface area contributed by atoms with Gasteiger partial charge in [0.2, 0.25) is 5.91 Å². The number of thiol groups is 1. The van der Waals surface area contributed by atoms with Crippen molar-refractivity contribution in [3.05, 3.63) is 0 Å². The second-order valence-corrected chi connectivity index (χ2v) is 4.43. The quantitative estimate of drug-likeness (QED) is 0.341. The lowest BCUT2D eigenvalue weighted by atomic mass is 10.2. The Hall–Kier alpha value is 0.130. The van der Waals surface area contributed by atoms with E-state index in [2.05, 4.69) is 24.3 Å². The lowest BCUT2D eigenvalue weighted by Crippen LogP contribution is -2.39. The van der Waals surface area contributed by atoms with E-state index in [-0.39, 0.29) is 5.91 Å². The van der Waals surface area contributed by atoms with Crippen LogP contribution in [0.15, 0.2) is 0 Å². The van der Waals surface area contributed by atoms with E-state index in [4.69, 9.17) is 5.73 Å². The smallest absolute Gasteiger partial charge is 0.247 e. The molecule has 14 heavy (non-hydrogen) atoms. The average Bonchev–Trinajstić information content (AvgIpc) is 2.21. The molecule has 5 heteroatoms. The van der Waals surface area contributed by atoms with E-state index < -0.39 is 6.04 Å². The number of hydrogen-bond donors (Lipinski definition) is 3. The Bertz CT molecular complexity index is 156. The van der Waals surface area contributed by atoms with Crippen molar-refractivity contribution in [1.29, 1.82) is 0 Å². The van der Waals surface area contributed by atoms with Crippen molar-refractivity contribution in [2.24, 2.45) is 5.73 Å². The van der Waals surface area contributed by atoms with Crippen molar-refractivity contribution in [2.75, 3.05) is 11.5 Å². The maximum absolute atomic E-state index is 11.2. The van der Waals surface area contributed by atoms with Crippen LogP contribution in [0.5, 0.6) is 0 Å². The molecule has 0 aliphatic carbocycles. The monoisotopic (exact) mass is 236 g/mol. The van der Waals surface area contributed by atoms with Gasteiger partial charge in [0.05, 0.1) is 6.04 Å². The van der Waals surface area contributed by atoms with Crippen LogP contribution in [-0.2, 0) is 4.79 Å². The lowest BCUT2D eigenvalue weighted by Gasteiger charge is -2.08. The Labute approximate surface area is 96.1 Å². The van der Waals surface area contributed by atoms with Crippen LogP contribution in [0.3, 0.4) is 0 Å². The summed E-state index contributed by atoms with van der Waals surface area (Å²) < 4.78 is 2.71. The molecule has 84 valence electrons. The fraction of sp³-hybridized carbons (Fsp3) is 0.889. The van der Waals surface area contributed by atoms with Gasteiger partial charge in [0.1, 0.15) is 0 Å². The molecule has 0 radical (unpaired) electrons. The highest BCUT2D eigenvalue weighted by Gasteiger charge is 2.09. The van der Waals surface area contributed by atoms with Crippen LogP contribution in [0.25, 0.3) is 0 Å². The molecule has 1 atom stereocenters. The Morgan fingerprint density at radius 3 is 2.79 bits per heavy atom. The molecule has 0 spiro atoms. The van der Waals surface area contributed by atoms with Gasteiger partial charge in [0.15, 0.2) is 0 Å². The van der Waals surface area contributed by atoms with Crippen LogP contribution in [0.1, 0.15) is 32.6 Å². The number of unbranched alkanes of at least 4 members (excludes halogenated alkanes) is 3. The number of amides is 1. The Morgan fingerprint density at radius 2 is 2.21 bits per heavy atom. The molecule has 0 saturated carbocycles. The predicted octanol–water partition coefficient (Wildman–Crippen LogP) is 1.59. The second-order valence-electron chi connectivity index (χ2n) is 3.16. The third-order valence-corrected chi connectivity index (χ3v) is 3.04. The number of rotatable bonds is 8. The Kier molecular flexibility index (Phi) is 9.77. The average molecular weight is 236 g/mol. The molecule has 0 aromatic rings. The van der Waals surface area contributed by atoms with E-state index in [1.165, 1.54) is 31.2 Å². The van der Waals surface area contributed by atoms with Gasteiger partial charge < -0.3 is 5.73 Å². The first kappa shape index (κ1) is 14.1. The topological polar surface area (TPSA) is 55.1 Å². The minimum atomic E-state index is -0.485. The second kappa shape index (κ2) is 9.68. The fourth-order valence-electron chi connectivity index (χ4n) is 0.882. The van der Waals surface area contributed by atoms with Gasteiger partial charge in [-0.3, -0.25) is 9.52 Å². The summed E-state index contributed by atoms with van der Waals surface area (Å²) in [6, 6.07) is -0.485. The van der Waals surface area contributed by atoms with Gasteiger partial charge in [-0.05, 0) is 6.42 Å². The minimum absolute atomic E-state index is 0.125. The van der Waals surface area contributed by atoms with Crippen molar-refractivity contribution in [3.63, 3.8) is 0 Å². The summed E-state index contributed by atoms with van der Waals surface area (Å²) in [7, 11) is 0. The van der Waals surface area contributed by atoms with Crippen molar-refractivity contribution in [1.82, 2.24) is 4.72 Å². The van der Waals surface area contributed by atoms with Crippen molar-refractivity contribution in [2.45, 2.75) is 38.6 Å². The minimum Gasteiger partial charge on any atom is -0.319 e. The molecule has 0 saturated heterocycles. The largest absolute Gasteiger partial charge is 0.319 e. The summed E-state index contributed by atoms with van der Waals surface area (Å²) in [6.45, 7) is 2.18. The van der Waals surface area contributed by atoms with Crippen molar-refractivity contribution >= 4 is 30.5 Å². The number of carbonyl (C=O) groups is 1. The summed E-state index contributed by atoms with van der Waals surface area (Å²) in [4.78, 5) is 11.2. The fourth-order valence-corrected chi connectivity index (χ4v) is 1.79. The molecule has 0 aliphatic rings. The number of nitrogens with one attached hydrogen (secondary N) is 1. The van der Waals surface area contributed by atoms with Gasteiger partial charge in [0.25, 0.3) is 0 Å². The molecule has 3 N–H and O–H groups in total. The van der Waals surface area contributed by atoms with E-state index >= 15 is 0 Å². The highest BCUT2D eigenvalue weighted by Crippen LogP contribution is 2.04. The maximum atomic E-state index is 11.2. The van der Waals surface area contributed by atoms with E-state index in [0.717, 1.165) is 12.2 Å². The molecule has 0 heterocycles. The third kappa shape index (κ3) is 7.53. The molecule has 0 aliphatic heterocycles. The zero-order chi connectivity index (χ0) is 10.8. The Balaban J connectivity index is 3.23. The van der Waals surface area contributed by atoms with Crippen LogP contribution in [0.4, 0.5) is 0 Å². The zero-order valence-electron chi connectivity index (χ0n) is 8.66. The summed E-state index contributed by atoms with van der Waals surface area (Å²) in [5, 5.41) is 0. The van der Waals surface area contributed by atoms with Gasteiger partial charge >= 0.3 is 0 Å². The Morgan fingerprint density at radius 1 is 1.50 bits per heavy atom. The molecular formula is C9H20N2OS2. The zero-order valence-corrected chi connectivity index (χ0v) is 10.4. The van der Waals surface area contributed by atoms with Crippen LogP contribution < -0.4 is 10.5 Å².